The van der Waals surface area contributed by atoms with Gasteiger partial charge in [-0.25, -0.2) is 13.4 Å². The van der Waals surface area contributed by atoms with Crippen LogP contribution in [0.2, 0.25) is 0 Å². The number of hydrogen-bond acceptors (Lipinski definition) is 6. The second-order valence-corrected chi connectivity index (χ2v) is 9.63. The zero-order chi connectivity index (χ0) is 18.9. The molecule has 3 rings (SSSR count). The number of amides is 1. The Bertz CT molecular complexity index is 745. The van der Waals surface area contributed by atoms with E-state index in [1.165, 1.54) is 0 Å². The summed E-state index contributed by atoms with van der Waals surface area (Å²) >= 11 is 0. The standard InChI is InChI=1S/C17H29N5O3S/c1-4-6-20-7-5-18-16(20)10-21-8-9-22(11-17(23)19(2)3)15-13-26(24,25)12-14(15)21/h5,7,14-15H,4,6,8-13H2,1-3H3/t14-,15+/m0/s1. The van der Waals surface area contributed by atoms with Gasteiger partial charge in [0.25, 0.3) is 0 Å². The number of hydrogen-bond donors (Lipinski definition) is 0. The molecule has 1 aromatic rings. The van der Waals surface area contributed by atoms with Crippen LogP contribution in [0.25, 0.3) is 0 Å². The van der Waals surface area contributed by atoms with Crippen molar-refractivity contribution in [3.05, 3.63) is 18.2 Å². The van der Waals surface area contributed by atoms with E-state index in [0.29, 0.717) is 13.1 Å². The van der Waals surface area contributed by atoms with Gasteiger partial charge in [0, 0.05) is 58.2 Å². The SMILES string of the molecule is CCCn1ccnc1CN1CCN(CC(=O)N(C)C)[C@@H]2CS(=O)(=O)C[C@@H]21. The van der Waals surface area contributed by atoms with Crippen LogP contribution in [-0.4, -0.2) is 95.9 Å². The molecular formula is C17H29N5O3S. The highest BCUT2D eigenvalue weighted by molar-refractivity contribution is 7.91. The van der Waals surface area contributed by atoms with E-state index in [-0.39, 0.29) is 36.0 Å². The minimum absolute atomic E-state index is 0.0139. The molecule has 1 amide bonds. The van der Waals surface area contributed by atoms with Crippen molar-refractivity contribution in [2.75, 3.05) is 45.2 Å². The monoisotopic (exact) mass is 383 g/mol. The molecule has 8 nitrogen and oxygen atoms in total. The van der Waals surface area contributed by atoms with E-state index in [1.807, 2.05) is 11.1 Å². The predicted octanol–water partition coefficient (Wildman–Crippen LogP) is -0.335. The Kier molecular flexibility index (Phi) is 5.69. The molecule has 0 bridgehead atoms. The number of sulfone groups is 1. The van der Waals surface area contributed by atoms with Crippen LogP contribution in [0.3, 0.4) is 0 Å². The first kappa shape index (κ1) is 19.3. The van der Waals surface area contributed by atoms with E-state index < -0.39 is 9.84 Å². The lowest BCUT2D eigenvalue weighted by Gasteiger charge is -2.43. The summed E-state index contributed by atoms with van der Waals surface area (Å²) in [6, 6.07) is -0.192. The lowest BCUT2D eigenvalue weighted by atomic mass is 10.0. The molecule has 2 saturated heterocycles. The van der Waals surface area contributed by atoms with Crippen molar-refractivity contribution < 1.29 is 13.2 Å². The zero-order valence-electron chi connectivity index (χ0n) is 15.8. The molecule has 3 heterocycles. The minimum Gasteiger partial charge on any atom is -0.348 e. The van der Waals surface area contributed by atoms with Gasteiger partial charge in [0.2, 0.25) is 5.91 Å². The van der Waals surface area contributed by atoms with Gasteiger partial charge in [-0.05, 0) is 6.42 Å². The Morgan fingerprint density at radius 1 is 1.23 bits per heavy atom. The fourth-order valence-electron chi connectivity index (χ4n) is 3.92. The van der Waals surface area contributed by atoms with Crippen molar-refractivity contribution in [3.8, 4) is 0 Å². The Morgan fingerprint density at radius 2 is 1.88 bits per heavy atom. The fraction of sp³-hybridized carbons (Fsp3) is 0.765. The average molecular weight is 384 g/mol. The van der Waals surface area contributed by atoms with Crippen molar-refractivity contribution in [2.45, 2.75) is 38.5 Å². The minimum atomic E-state index is -3.09. The van der Waals surface area contributed by atoms with Gasteiger partial charge in [0.15, 0.2) is 9.84 Å². The van der Waals surface area contributed by atoms with E-state index >= 15 is 0 Å². The molecule has 0 unspecified atom stereocenters. The van der Waals surface area contributed by atoms with E-state index in [4.69, 9.17) is 0 Å². The number of aryl methyl sites for hydroxylation is 1. The van der Waals surface area contributed by atoms with Crippen LogP contribution >= 0.6 is 0 Å². The smallest absolute Gasteiger partial charge is 0.236 e. The number of carbonyl (C=O) groups is 1. The van der Waals surface area contributed by atoms with E-state index in [2.05, 4.69) is 21.4 Å². The Morgan fingerprint density at radius 3 is 2.54 bits per heavy atom. The second kappa shape index (κ2) is 7.66. The van der Waals surface area contributed by atoms with Crippen LogP contribution in [0.15, 0.2) is 12.4 Å². The normalized spacial score (nSPS) is 26.0. The summed E-state index contributed by atoms with van der Waals surface area (Å²) in [6.45, 7) is 5.42. The molecule has 26 heavy (non-hydrogen) atoms. The van der Waals surface area contributed by atoms with E-state index in [1.54, 1.807) is 25.2 Å². The summed E-state index contributed by atoms with van der Waals surface area (Å²) in [5.41, 5.74) is 0. The van der Waals surface area contributed by atoms with Crippen LogP contribution in [-0.2, 0) is 27.7 Å². The van der Waals surface area contributed by atoms with Crippen molar-refractivity contribution in [2.24, 2.45) is 0 Å². The zero-order valence-corrected chi connectivity index (χ0v) is 16.7. The molecule has 0 N–H and O–H groups in total. The van der Waals surface area contributed by atoms with Crippen molar-refractivity contribution in [3.63, 3.8) is 0 Å². The summed E-state index contributed by atoms with van der Waals surface area (Å²) in [5.74, 6) is 1.30. The first-order valence-corrected chi connectivity index (χ1v) is 11.0. The highest BCUT2D eigenvalue weighted by Gasteiger charge is 2.47. The highest BCUT2D eigenvalue weighted by atomic mass is 32.2. The third kappa shape index (κ3) is 4.10. The quantitative estimate of drug-likeness (QED) is 0.669. The molecule has 0 spiro atoms. The largest absolute Gasteiger partial charge is 0.348 e. The number of likely N-dealkylation sites (N-methyl/N-ethyl adjacent to an activating group) is 1. The van der Waals surface area contributed by atoms with Crippen LogP contribution < -0.4 is 0 Å². The first-order chi connectivity index (χ1) is 12.3. The maximum atomic E-state index is 12.3. The number of rotatable bonds is 6. The van der Waals surface area contributed by atoms with Gasteiger partial charge >= 0.3 is 0 Å². The topological polar surface area (TPSA) is 78.8 Å². The molecule has 0 radical (unpaired) electrons. The van der Waals surface area contributed by atoms with Gasteiger partial charge in [-0.2, -0.15) is 0 Å². The number of nitrogens with zero attached hydrogens (tertiary/aromatic N) is 5. The summed E-state index contributed by atoms with van der Waals surface area (Å²) in [4.78, 5) is 22.4. The number of carbonyl (C=O) groups excluding carboxylic acids is 1. The molecule has 9 heteroatoms. The summed E-state index contributed by atoms with van der Waals surface area (Å²) in [5, 5.41) is 0. The predicted molar refractivity (Wildman–Crippen MR) is 99.4 cm³/mol. The molecule has 2 aliphatic rings. The third-order valence-corrected chi connectivity index (χ3v) is 7.05. The maximum absolute atomic E-state index is 12.3. The van der Waals surface area contributed by atoms with Gasteiger partial charge in [-0.15, -0.1) is 0 Å². The number of aromatic nitrogens is 2. The van der Waals surface area contributed by atoms with Crippen LogP contribution in [0.1, 0.15) is 19.2 Å². The molecule has 2 atom stereocenters. The molecule has 0 saturated carbocycles. The molecular weight excluding hydrogens is 354 g/mol. The van der Waals surface area contributed by atoms with Crippen LogP contribution in [0, 0.1) is 0 Å². The number of fused-ring (bicyclic) bond motifs is 1. The van der Waals surface area contributed by atoms with Crippen LogP contribution in [0.5, 0.6) is 0 Å². The fourth-order valence-corrected chi connectivity index (χ4v) is 5.96. The third-order valence-electron chi connectivity index (χ3n) is 5.35. The second-order valence-electron chi connectivity index (χ2n) is 7.48. The van der Waals surface area contributed by atoms with Gasteiger partial charge in [-0.3, -0.25) is 14.6 Å². The van der Waals surface area contributed by atoms with Crippen molar-refractivity contribution in [1.82, 2.24) is 24.3 Å². The van der Waals surface area contributed by atoms with Crippen molar-refractivity contribution in [1.29, 1.82) is 0 Å². The number of imidazole rings is 1. The Balaban J connectivity index is 1.76. The lowest BCUT2D eigenvalue weighted by Crippen LogP contribution is -2.60. The Hall–Kier alpha value is -1.45. The highest BCUT2D eigenvalue weighted by Crippen LogP contribution is 2.28. The van der Waals surface area contributed by atoms with E-state index in [0.717, 1.165) is 25.3 Å². The molecule has 0 aliphatic carbocycles. The lowest BCUT2D eigenvalue weighted by molar-refractivity contribution is -0.131. The van der Waals surface area contributed by atoms with Gasteiger partial charge in [0.05, 0.1) is 24.6 Å². The Labute approximate surface area is 155 Å². The van der Waals surface area contributed by atoms with Crippen molar-refractivity contribution >= 4 is 15.7 Å². The molecule has 2 aliphatic heterocycles. The van der Waals surface area contributed by atoms with Crippen LogP contribution in [0.4, 0.5) is 0 Å². The molecule has 1 aromatic heterocycles. The first-order valence-electron chi connectivity index (χ1n) is 9.19. The molecule has 2 fully saturated rings. The molecule has 0 aromatic carbocycles. The summed E-state index contributed by atoms with van der Waals surface area (Å²) in [6.07, 6.45) is 4.82. The van der Waals surface area contributed by atoms with Gasteiger partial charge < -0.3 is 9.47 Å². The van der Waals surface area contributed by atoms with Gasteiger partial charge in [0.1, 0.15) is 5.82 Å². The average Bonchev–Trinajstić information content (AvgIpc) is 3.13. The summed E-state index contributed by atoms with van der Waals surface area (Å²) in [7, 11) is 0.377. The van der Waals surface area contributed by atoms with Gasteiger partial charge in [-0.1, -0.05) is 6.92 Å². The maximum Gasteiger partial charge on any atom is 0.236 e. The summed E-state index contributed by atoms with van der Waals surface area (Å²) < 4.78 is 26.8. The van der Waals surface area contributed by atoms with E-state index in [9.17, 15) is 13.2 Å². The number of piperazine rings is 1. The molecule has 146 valence electrons.